The first-order chi connectivity index (χ1) is 9.33. The van der Waals surface area contributed by atoms with Gasteiger partial charge >= 0.3 is 0 Å². The number of benzene rings is 2. The van der Waals surface area contributed by atoms with Gasteiger partial charge in [-0.25, -0.2) is 0 Å². The van der Waals surface area contributed by atoms with Gasteiger partial charge in [-0.15, -0.1) is 0 Å². The molecule has 0 aliphatic heterocycles. The molecule has 3 rings (SSSR count). The van der Waals surface area contributed by atoms with E-state index < -0.39 is 0 Å². The van der Waals surface area contributed by atoms with Gasteiger partial charge in [-0.3, -0.25) is 0 Å². The lowest BCUT2D eigenvalue weighted by atomic mass is 10.3. The summed E-state index contributed by atoms with van der Waals surface area (Å²) >= 11 is 0. The summed E-state index contributed by atoms with van der Waals surface area (Å²) in [6.45, 7) is 0. The van der Waals surface area contributed by atoms with E-state index >= 15 is 0 Å². The van der Waals surface area contributed by atoms with E-state index in [0.717, 1.165) is 11.4 Å². The molecule has 6 heteroatoms. The molecule has 2 aromatic carbocycles. The summed E-state index contributed by atoms with van der Waals surface area (Å²) in [4.78, 5) is 0. The third kappa shape index (κ3) is 2.37. The molecular weight excluding hydrogens is 242 g/mol. The van der Waals surface area contributed by atoms with Crippen LogP contribution in [0.4, 0.5) is 5.95 Å². The van der Waals surface area contributed by atoms with Gasteiger partial charge in [0.1, 0.15) is 11.5 Å². The third-order valence-corrected chi connectivity index (χ3v) is 2.53. The Hall–Kier alpha value is -2.89. The molecule has 19 heavy (non-hydrogen) atoms. The molecule has 0 atom stereocenters. The minimum absolute atomic E-state index is 0.233. The van der Waals surface area contributed by atoms with Gasteiger partial charge in [0.25, 0.3) is 0 Å². The number of nitrogen functional groups attached to an aromatic ring is 1. The zero-order valence-corrected chi connectivity index (χ0v) is 9.97. The van der Waals surface area contributed by atoms with Crippen molar-refractivity contribution in [2.75, 3.05) is 5.73 Å². The second-order valence-electron chi connectivity index (χ2n) is 3.86. The van der Waals surface area contributed by atoms with Crippen LogP contribution in [0.2, 0.25) is 0 Å². The molecular formula is C13H11N5O. The molecule has 0 bridgehead atoms. The maximum atomic E-state index is 5.73. The summed E-state index contributed by atoms with van der Waals surface area (Å²) in [7, 11) is 0. The Bertz CT molecular complexity index is 680. The average Bonchev–Trinajstić information content (AvgIpc) is 2.86. The molecule has 0 aliphatic rings. The van der Waals surface area contributed by atoms with Gasteiger partial charge in [0.05, 0.1) is 5.69 Å². The second kappa shape index (κ2) is 4.77. The van der Waals surface area contributed by atoms with E-state index in [1.165, 1.54) is 4.68 Å². The summed E-state index contributed by atoms with van der Waals surface area (Å²) in [5.41, 5.74) is 6.41. The van der Waals surface area contributed by atoms with Crippen LogP contribution in [0, 0.1) is 0 Å². The first kappa shape index (κ1) is 11.2. The average molecular weight is 253 g/mol. The highest BCUT2D eigenvalue weighted by atomic mass is 16.5. The molecule has 0 radical (unpaired) electrons. The van der Waals surface area contributed by atoms with E-state index in [4.69, 9.17) is 10.5 Å². The normalized spacial score (nSPS) is 10.3. The first-order valence-electron chi connectivity index (χ1n) is 5.70. The minimum atomic E-state index is 0.233. The van der Waals surface area contributed by atoms with Gasteiger partial charge in [0.15, 0.2) is 0 Å². The molecule has 0 saturated heterocycles. The number of aromatic nitrogens is 4. The zero-order valence-electron chi connectivity index (χ0n) is 9.97. The number of para-hydroxylation sites is 1. The SMILES string of the molecule is Nc1nnnn1-c1cccc(Oc2ccccc2)c1. The molecule has 6 nitrogen and oxygen atoms in total. The lowest BCUT2D eigenvalue weighted by molar-refractivity contribution is 0.482. The number of hydrogen-bond acceptors (Lipinski definition) is 5. The van der Waals surface area contributed by atoms with Gasteiger partial charge in [-0.05, 0) is 34.7 Å². The molecule has 94 valence electrons. The monoisotopic (exact) mass is 253 g/mol. The van der Waals surface area contributed by atoms with E-state index in [2.05, 4.69) is 15.5 Å². The van der Waals surface area contributed by atoms with E-state index in [9.17, 15) is 0 Å². The molecule has 0 spiro atoms. The van der Waals surface area contributed by atoms with E-state index in [0.29, 0.717) is 5.75 Å². The van der Waals surface area contributed by atoms with Crippen LogP contribution in [0.15, 0.2) is 54.6 Å². The summed E-state index contributed by atoms with van der Waals surface area (Å²) in [6, 6.07) is 16.9. The number of tetrazole rings is 1. The Labute approximate surface area is 109 Å². The summed E-state index contributed by atoms with van der Waals surface area (Å²) in [5.74, 6) is 1.69. The summed E-state index contributed by atoms with van der Waals surface area (Å²) in [5, 5.41) is 11.0. The first-order valence-corrected chi connectivity index (χ1v) is 5.70. The van der Waals surface area contributed by atoms with Crippen molar-refractivity contribution in [3.8, 4) is 17.2 Å². The molecule has 0 fully saturated rings. The molecule has 2 N–H and O–H groups in total. The van der Waals surface area contributed by atoms with Gasteiger partial charge in [-0.1, -0.05) is 29.4 Å². The van der Waals surface area contributed by atoms with Crippen molar-refractivity contribution in [2.45, 2.75) is 0 Å². The number of ether oxygens (including phenoxy) is 1. The standard InChI is InChI=1S/C13H11N5O/c14-13-15-16-17-18(13)10-5-4-8-12(9-10)19-11-6-2-1-3-7-11/h1-9H,(H2,14,15,17). The van der Waals surface area contributed by atoms with E-state index in [1.54, 1.807) is 0 Å². The predicted octanol–water partition coefficient (Wildman–Crippen LogP) is 2.04. The van der Waals surface area contributed by atoms with Crippen LogP contribution in [0.3, 0.4) is 0 Å². The Balaban J connectivity index is 1.91. The van der Waals surface area contributed by atoms with Crippen molar-refractivity contribution >= 4 is 5.95 Å². The lowest BCUT2D eigenvalue weighted by Gasteiger charge is -2.07. The van der Waals surface area contributed by atoms with Crippen molar-refractivity contribution < 1.29 is 4.74 Å². The third-order valence-electron chi connectivity index (χ3n) is 2.53. The minimum Gasteiger partial charge on any atom is -0.457 e. The highest BCUT2D eigenvalue weighted by molar-refractivity contribution is 5.43. The number of hydrogen-bond donors (Lipinski definition) is 1. The molecule has 0 unspecified atom stereocenters. The Morgan fingerprint density at radius 1 is 0.947 bits per heavy atom. The van der Waals surface area contributed by atoms with Crippen LogP contribution >= 0.6 is 0 Å². The van der Waals surface area contributed by atoms with E-state index in [-0.39, 0.29) is 5.95 Å². The van der Waals surface area contributed by atoms with Crippen molar-refractivity contribution in [3.63, 3.8) is 0 Å². The summed E-state index contributed by atoms with van der Waals surface area (Å²) in [6.07, 6.45) is 0. The fraction of sp³-hybridized carbons (Fsp3) is 0. The van der Waals surface area contributed by atoms with Gasteiger partial charge < -0.3 is 10.5 Å². The van der Waals surface area contributed by atoms with Crippen molar-refractivity contribution in [3.05, 3.63) is 54.6 Å². The van der Waals surface area contributed by atoms with Gasteiger partial charge in [-0.2, -0.15) is 4.68 Å². The molecule has 1 heterocycles. The fourth-order valence-electron chi connectivity index (χ4n) is 1.68. The van der Waals surface area contributed by atoms with Crippen LogP contribution in [0.1, 0.15) is 0 Å². The largest absolute Gasteiger partial charge is 0.457 e. The van der Waals surface area contributed by atoms with Crippen LogP contribution in [-0.2, 0) is 0 Å². The van der Waals surface area contributed by atoms with Crippen molar-refractivity contribution in [1.82, 2.24) is 20.2 Å². The molecule has 3 aromatic rings. The van der Waals surface area contributed by atoms with E-state index in [1.807, 2.05) is 54.6 Å². The lowest BCUT2D eigenvalue weighted by Crippen LogP contribution is -2.02. The maximum absolute atomic E-state index is 5.73. The van der Waals surface area contributed by atoms with Gasteiger partial charge in [0.2, 0.25) is 5.95 Å². The predicted molar refractivity (Wildman–Crippen MR) is 70.1 cm³/mol. The topological polar surface area (TPSA) is 78.9 Å². The molecule has 1 aromatic heterocycles. The highest BCUT2D eigenvalue weighted by Crippen LogP contribution is 2.23. The Morgan fingerprint density at radius 3 is 2.47 bits per heavy atom. The van der Waals surface area contributed by atoms with Crippen LogP contribution in [0.25, 0.3) is 5.69 Å². The maximum Gasteiger partial charge on any atom is 0.245 e. The van der Waals surface area contributed by atoms with Crippen LogP contribution in [0.5, 0.6) is 11.5 Å². The number of nitrogens with zero attached hydrogens (tertiary/aromatic N) is 4. The van der Waals surface area contributed by atoms with Crippen molar-refractivity contribution in [2.24, 2.45) is 0 Å². The quantitative estimate of drug-likeness (QED) is 0.772. The smallest absolute Gasteiger partial charge is 0.245 e. The summed E-state index contributed by atoms with van der Waals surface area (Å²) < 4.78 is 7.18. The Morgan fingerprint density at radius 2 is 1.74 bits per heavy atom. The number of nitrogens with two attached hydrogens (primary N) is 1. The zero-order chi connectivity index (χ0) is 13.1. The van der Waals surface area contributed by atoms with Crippen LogP contribution in [-0.4, -0.2) is 20.2 Å². The van der Waals surface area contributed by atoms with Crippen LogP contribution < -0.4 is 10.5 Å². The number of rotatable bonds is 3. The van der Waals surface area contributed by atoms with Crippen molar-refractivity contribution in [1.29, 1.82) is 0 Å². The fourth-order valence-corrected chi connectivity index (χ4v) is 1.68. The Kier molecular flexibility index (Phi) is 2.82. The molecule has 0 amide bonds. The molecule has 0 saturated carbocycles. The number of anilines is 1. The highest BCUT2D eigenvalue weighted by Gasteiger charge is 2.05. The second-order valence-corrected chi connectivity index (χ2v) is 3.86. The van der Waals surface area contributed by atoms with Gasteiger partial charge in [0, 0.05) is 6.07 Å². The molecule has 0 aliphatic carbocycles.